The Morgan fingerprint density at radius 1 is 0.886 bits per heavy atom. The van der Waals surface area contributed by atoms with E-state index in [1.54, 1.807) is 4.68 Å². The van der Waals surface area contributed by atoms with E-state index in [1.807, 2.05) is 79.9 Å². The third-order valence-electron chi connectivity index (χ3n) is 6.67. The Balaban J connectivity index is 1.40. The van der Waals surface area contributed by atoms with Crippen LogP contribution in [0.1, 0.15) is 22.8 Å². The van der Waals surface area contributed by atoms with Gasteiger partial charge in [-0.25, -0.2) is 4.68 Å². The fourth-order valence-electron chi connectivity index (χ4n) is 4.56. The molecule has 35 heavy (non-hydrogen) atoms. The van der Waals surface area contributed by atoms with Crippen molar-refractivity contribution in [1.82, 2.24) is 14.7 Å². The minimum absolute atomic E-state index is 0.168. The Hall–Kier alpha value is -3.90. The Bertz CT molecular complexity index is 1290. The average Bonchev–Trinajstić information content (AvgIpc) is 3.37. The van der Waals surface area contributed by atoms with Crippen molar-refractivity contribution in [3.63, 3.8) is 0 Å². The van der Waals surface area contributed by atoms with Gasteiger partial charge < -0.3 is 15.1 Å². The number of benzene rings is 3. The topological polar surface area (TPSA) is 53.4 Å². The lowest BCUT2D eigenvalue weighted by atomic mass is 10.1. The van der Waals surface area contributed by atoms with E-state index in [-0.39, 0.29) is 5.91 Å². The lowest BCUT2D eigenvalue weighted by molar-refractivity contribution is 0.102. The highest BCUT2D eigenvalue weighted by molar-refractivity contribution is 6.08. The average molecular weight is 466 g/mol. The van der Waals surface area contributed by atoms with E-state index in [0.717, 1.165) is 55.2 Å². The molecule has 4 aromatic rings. The number of aromatic nitrogens is 2. The number of nitrogens with zero attached hydrogens (tertiary/aromatic N) is 4. The maximum Gasteiger partial charge on any atom is 0.259 e. The quantitative estimate of drug-likeness (QED) is 0.423. The van der Waals surface area contributed by atoms with Crippen LogP contribution in [0.25, 0.3) is 16.9 Å². The lowest BCUT2D eigenvalue weighted by Crippen LogP contribution is -2.46. The second-order valence-electron chi connectivity index (χ2n) is 8.91. The molecule has 0 saturated carbocycles. The number of hydrogen-bond acceptors (Lipinski definition) is 4. The number of likely N-dealkylation sites (N-methyl/N-ethyl adjacent to an activating group) is 1. The van der Waals surface area contributed by atoms with Gasteiger partial charge in [0.25, 0.3) is 5.91 Å². The summed E-state index contributed by atoms with van der Waals surface area (Å²) in [4.78, 5) is 18.4. The molecule has 0 spiro atoms. The fraction of sp³-hybridized carbons (Fsp3) is 0.241. The van der Waals surface area contributed by atoms with Crippen molar-refractivity contribution in [3.05, 3.63) is 96.2 Å². The summed E-state index contributed by atoms with van der Waals surface area (Å²) >= 11 is 0. The van der Waals surface area contributed by atoms with Gasteiger partial charge in [0.1, 0.15) is 5.69 Å². The number of anilines is 2. The van der Waals surface area contributed by atoms with Gasteiger partial charge in [0.2, 0.25) is 0 Å². The van der Waals surface area contributed by atoms with Gasteiger partial charge >= 0.3 is 0 Å². The fourth-order valence-corrected chi connectivity index (χ4v) is 4.56. The Morgan fingerprint density at radius 2 is 1.57 bits per heavy atom. The molecule has 1 fully saturated rings. The highest BCUT2D eigenvalue weighted by Crippen LogP contribution is 2.27. The summed E-state index contributed by atoms with van der Waals surface area (Å²) in [5.41, 5.74) is 6.09. The predicted octanol–water partition coefficient (Wildman–Crippen LogP) is 5.24. The molecule has 1 amide bonds. The Labute approximate surface area is 206 Å². The first-order valence-electron chi connectivity index (χ1n) is 12.2. The highest BCUT2D eigenvalue weighted by atomic mass is 16.1. The van der Waals surface area contributed by atoms with Crippen LogP contribution in [0.2, 0.25) is 0 Å². The molecular weight excluding hydrogens is 434 g/mol. The van der Waals surface area contributed by atoms with Crippen LogP contribution in [0, 0.1) is 6.92 Å². The molecule has 0 bridgehead atoms. The van der Waals surface area contributed by atoms with Gasteiger partial charge in [-0.05, 0) is 49.4 Å². The second-order valence-corrected chi connectivity index (χ2v) is 8.91. The standard InChI is InChI=1S/C29H31N5O/c1-3-32-16-18-33(19-17-32)25-14-15-27(22(2)20-25)30-29(35)26-21-34(24-12-8-5-9-13-24)31-28(26)23-10-6-4-7-11-23/h4-15,20-21H,3,16-19H2,1-2H3,(H,30,35). The molecule has 5 rings (SSSR count). The first kappa shape index (κ1) is 22.9. The number of piperazine rings is 1. The van der Waals surface area contributed by atoms with Crippen LogP contribution in [-0.4, -0.2) is 53.3 Å². The summed E-state index contributed by atoms with van der Waals surface area (Å²) < 4.78 is 1.77. The molecule has 3 aromatic carbocycles. The number of carbonyl (C=O) groups is 1. The third-order valence-corrected chi connectivity index (χ3v) is 6.67. The smallest absolute Gasteiger partial charge is 0.259 e. The van der Waals surface area contributed by atoms with Crippen molar-refractivity contribution in [1.29, 1.82) is 0 Å². The number of rotatable bonds is 6. The predicted molar refractivity (Wildman–Crippen MR) is 142 cm³/mol. The van der Waals surface area contributed by atoms with Gasteiger partial charge in [-0.2, -0.15) is 5.10 Å². The molecule has 1 aliphatic rings. The minimum atomic E-state index is -0.168. The Kier molecular flexibility index (Phi) is 6.64. The van der Waals surface area contributed by atoms with E-state index in [9.17, 15) is 4.79 Å². The Morgan fingerprint density at radius 3 is 2.23 bits per heavy atom. The zero-order valence-corrected chi connectivity index (χ0v) is 20.3. The molecule has 2 heterocycles. The van der Waals surface area contributed by atoms with Crippen molar-refractivity contribution in [2.24, 2.45) is 0 Å². The van der Waals surface area contributed by atoms with Crippen molar-refractivity contribution in [2.75, 3.05) is 42.9 Å². The molecule has 0 atom stereocenters. The second kappa shape index (κ2) is 10.2. The molecule has 0 unspecified atom stereocenters. The van der Waals surface area contributed by atoms with Gasteiger partial charge in [-0.3, -0.25) is 4.79 Å². The molecule has 1 aliphatic heterocycles. The van der Waals surface area contributed by atoms with Gasteiger partial charge in [0, 0.05) is 49.3 Å². The summed E-state index contributed by atoms with van der Waals surface area (Å²) in [5, 5.41) is 7.90. The van der Waals surface area contributed by atoms with Crippen LogP contribution in [0.4, 0.5) is 11.4 Å². The minimum Gasteiger partial charge on any atom is -0.369 e. The molecule has 1 saturated heterocycles. The van der Waals surface area contributed by atoms with Crippen LogP contribution in [0.3, 0.4) is 0 Å². The number of amides is 1. The molecule has 6 nitrogen and oxygen atoms in total. The number of aryl methyl sites for hydroxylation is 1. The monoisotopic (exact) mass is 465 g/mol. The van der Waals surface area contributed by atoms with Gasteiger partial charge in [-0.15, -0.1) is 0 Å². The van der Waals surface area contributed by atoms with Crippen LogP contribution in [0.15, 0.2) is 85.1 Å². The maximum absolute atomic E-state index is 13.5. The van der Waals surface area contributed by atoms with E-state index in [2.05, 4.69) is 34.2 Å². The van der Waals surface area contributed by atoms with Gasteiger partial charge in [0.15, 0.2) is 0 Å². The van der Waals surface area contributed by atoms with E-state index in [1.165, 1.54) is 5.69 Å². The van der Waals surface area contributed by atoms with E-state index < -0.39 is 0 Å². The maximum atomic E-state index is 13.5. The summed E-state index contributed by atoms with van der Waals surface area (Å²) in [6.45, 7) is 9.58. The van der Waals surface area contributed by atoms with Crippen molar-refractivity contribution in [3.8, 4) is 16.9 Å². The van der Waals surface area contributed by atoms with Crippen LogP contribution >= 0.6 is 0 Å². The summed E-state index contributed by atoms with van der Waals surface area (Å²) in [5.74, 6) is -0.168. The molecule has 0 aliphatic carbocycles. The van der Waals surface area contributed by atoms with Crippen molar-refractivity contribution in [2.45, 2.75) is 13.8 Å². The lowest BCUT2D eigenvalue weighted by Gasteiger charge is -2.35. The largest absolute Gasteiger partial charge is 0.369 e. The molecule has 178 valence electrons. The van der Waals surface area contributed by atoms with Gasteiger partial charge in [0.05, 0.1) is 11.3 Å². The van der Waals surface area contributed by atoms with Crippen LogP contribution in [-0.2, 0) is 0 Å². The van der Waals surface area contributed by atoms with E-state index >= 15 is 0 Å². The summed E-state index contributed by atoms with van der Waals surface area (Å²) in [7, 11) is 0. The molecule has 1 aromatic heterocycles. The zero-order chi connectivity index (χ0) is 24.2. The first-order valence-corrected chi connectivity index (χ1v) is 12.2. The van der Waals surface area contributed by atoms with Crippen LogP contribution in [0.5, 0.6) is 0 Å². The number of nitrogens with one attached hydrogen (secondary N) is 1. The summed E-state index contributed by atoms with van der Waals surface area (Å²) in [6, 6.07) is 26.0. The van der Waals surface area contributed by atoms with Crippen LogP contribution < -0.4 is 10.2 Å². The number of carbonyl (C=O) groups excluding carboxylic acids is 1. The highest BCUT2D eigenvalue weighted by Gasteiger charge is 2.20. The SMILES string of the molecule is CCN1CCN(c2ccc(NC(=O)c3cn(-c4ccccc4)nc3-c3ccccc3)c(C)c2)CC1. The van der Waals surface area contributed by atoms with E-state index in [0.29, 0.717) is 11.3 Å². The molecule has 6 heteroatoms. The first-order chi connectivity index (χ1) is 17.1. The van der Waals surface area contributed by atoms with E-state index in [4.69, 9.17) is 5.10 Å². The third kappa shape index (κ3) is 4.98. The molecular formula is C29H31N5O. The number of hydrogen-bond donors (Lipinski definition) is 1. The normalized spacial score (nSPS) is 14.2. The summed E-state index contributed by atoms with van der Waals surface area (Å²) in [6.07, 6.45) is 1.81. The zero-order valence-electron chi connectivity index (χ0n) is 20.3. The molecule has 0 radical (unpaired) electrons. The van der Waals surface area contributed by atoms with Gasteiger partial charge in [-0.1, -0.05) is 55.5 Å². The van der Waals surface area contributed by atoms with Crippen molar-refractivity contribution >= 4 is 17.3 Å². The molecule has 1 N–H and O–H groups in total. The number of para-hydroxylation sites is 1. The van der Waals surface area contributed by atoms with Crippen molar-refractivity contribution < 1.29 is 4.79 Å².